The van der Waals surface area contributed by atoms with E-state index in [2.05, 4.69) is 15.9 Å². The third kappa shape index (κ3) is 2.10. The van der Waals surface area contributed by atoms with Crippen LogP contribution in [0.2, 0.25) is 5.02 Å². The first-order chi connectivity index (χ1) is 6.65. The van der Waals surface area contributed by atoms with E-state index in [0.29, 0.717) is 23.6 Å². The van der Waals surface area contributed by atoms with Crippen molar-refractivity contribution in [1.29, 1.82) is 0 Å². The van der Waals surface area contributed by atoms with Gasteiger partial charge in [-0.05, 0) is 18.2 Å². The molecule has 0 atom stereocenters. The average Bonchev–Trinajstić information content (AvgIpc) is 2.09. The second kappa shape index (κ2) is 3.91. The van der Waals surface area contributed by atoms with Crippen LogP contribution in [0.5, 0.6) is 5.75 Å². The minimum absolute atomic E-state index is 0.00861. The van der Waals surface area contributed by atoms with E-state index >= 15 is 0 Å². The molecular formula is C10H8BrClO2. The van der Waals surface area contributed by atoms with Gasteiger partial charge >= 0.3 is 0 Å². The van der Waals surface area contributed by atoms with E-state index in [1.807, 2.05) is 12.1 Å². The lowest BCUT2D eigenvalue weighted by Crippen LogP contribution is -2.33. The Morgan fingerprint density at radius 1 is 1.43 bits per heavy atom. The van der Waals surface area contributed by atoms with E-state index in [0.717, 1.165) is 4.47 Å². The highest BCUT2D eigenvalue weighted by atomic mass is 79.9. The van der Waals surface area contributed by atoms with Crippen molar-refractivity contribution in [2.45, 2.75) is 18.9 Å². The lowest BCUT2D eigenvalue weighted by Gasteiger charge is -2.25. The molecule has 14 heavy (non-hydrogen) atoms. The molecule has 1 aromatic carbocycles. The molecule has 1 aromatic rings. The summed E-state index contributed by atoms with van der Waals surface area (Å²) in [4.78, 5) is 10.7. The SMILES string of the molecule is O=C1CC(Oc2cc(Br)ccc2Cl)C1. The standard InChI is InChI=1S/C10H8BrClO2/c11-6-1-2-9(12)10(3-6)14-8-4-7(13)5-8/h1-3,8H,4-5H2. The van der Waals surface area contributed by atoms with Gasteiger partial charge in [0.05, 0.1) is 5.02 Å². The number of Topliss-reactive ketones (excluding diaryl/α,β-unsaturated/α-hetero) is 1. The minimum Gasteiger partial charge on any atom is -0.488 e. The number of ether oxygens (including phenoxy) is 1. The predicted molar refractivity (Wildman–Crippen MR) is 57.8 cm³/mol. The van der Waals surface area contributed by atoms with Gasteiger partial charge in [0, 0.05) is 17.3 Å². The number of ketones is 1. The van der Waals surface area contributed by atoms with Gasteiger partial charge in [0.1, 0.15) is 17.6 Å². The highest BCUT2D eigenvalue weighted by Gasteiger charge is 2.28. The largest absolute Gasteiger partial charge is 0.488 e. The summed E-state index contributed by atoms with van der Waals surface area (Å²) in [5, 5.41) is 0.576. The fourth-order valence-corrected chi connectivity index (χ4v) is 1.78. The Morgan fingerprint density at radius 2 is 2.14 bits per heavy atom. The molecule has 1 aliphatic carbocycles. The normalized spacial score (nSPS) is 16.6. The highest BCUT2D eigenvalue weighted by Crippen LogP contribution is 2.31. The molecular weight excluding hydrogens is 267 g/mol. The molecule has 0 saturated heterocycles. The van der Waals surface area contributed by atoms with Crippen LogP contribution in [0.3, 0.4) is 0 Å². The van der Waals surface area contributed by atoms with E-state index in [4.69, 9.17) is 16.3 Å². The molecule has 1 saturated carbocycles. The van der Waals surface area contributed by atoms with E-state index in [-0.39, 0.29) is 11.9 Å². The van der Waals surface area contributed by atoms with Crippen LogP contribution in [-0.4, -0.2) is 11.9 Å². The molecule has 2 nitrogen and oxygen atoms in total. The van der Waals surface area contributed by atoms with E-state index in [1.54, 1.807) is 6.07 Å². The Morgan fingerprint density at radius 3 is 2.79 bits per heavy atom. The summed E-state index contributed by atoms with van der Waals surface area (Å²) in [6.07, 6.45) is 1.01. The molecule has 1 fully saturated rings. The van der Waals surface area contributed by atoms with Gasteiger partial charge in [-0.2, -0.15) is 0 Å². The third-order valence-corrected chi connectivity index (χ3v) is 2.90. The Balaban J connectivity index is 2.08. The monoisotopic (exact) mass is 274 g/mol. The van der Waals surface area contributed by atoms with Crippen LogP contribution < -0.4 is 4.74 Å². The van der Waals surface area contributed by atoms with E-state index in [9.17, 15) is 4.79 Å². The van der Waals surface area contributed by atoms with Crippen molar-refractivity contribution >= 4 is 33.3 Å². The summed E-state index contributed by atoms with van der Waals surface area (Å²) in [7, 11) is 0. The number of hydrogen-bond donors (Lipinski definition) is 0. The molecule has 0 aromatic heterocycles. The van der Waals surface area contributed by atoms with Gasteiger partial charge in [0.2, 0.25) is 0 Å². The van der Waals surface area contributed by atoms with Crippen molar-refractivity contribution < 1.29 is 9.53 Å². The quantitative estimate of drug-likeness (QED) is 0.828. The summed E-state index contributed by atoms with van der Waals surface area (Å²) < 4.78 is 6.47. The zero-order valence-electron chi connectivity index (χ0n) is 7.30. The van der Waals surface area contributed by atoms with Crippen molar-refractivity contribution in [2.24, 2.45) is 0 Å². The van der Waals surface area contributed by atoms with Gasteiger partial charge in [-0.1, -0.05) is 27.5 Å². The first kappa shape index (κ1) is 9.99. The third-order valence-electron chi connectivity index (χ3n) is 2.10. The van der Waals surface area contributed by atoms with E-state index < -0.39 is 0 Å². The lowest BCUT2D eigenvalue weighted by molar-refractivity contribution is -0.129. The summed E-state index contributed by atoms with van der Waals surface area (Å²) in [6.45, 7) is 0. The lowest BCUT2D eigenvalue weighted by atomic mass is 9.94. The maximum atomic E-state index is 10.7. The smallest absolute Gasteiger partial charge is 0.140 e. The molecule has 4 heteroatoms. The molecule has 0 aliphatic heterocycles. The van der Waals surface area contributed by atoms with Crippen LogP contribution in [0, 0.1) is 0 Å². The van der Waals surface area contributed by atoms with Crippen molar-refractivity contribution in [3.8, 4) is 5.75 Å². The van der Waals surface area contributed by atoms with Crippen molar-refractivity contribution in [3.05, 3.63) is 27.7 Å². The molecule has 2 rings (SSSR count). The molecule has 0 spiro atoms. The molecule has 0 bridgehead atoms. The second-order valence-electron chi connectivity index (χ2n) is 3.26. The number of hydrogen-bond acceptors (Lipinski definition) is 2. The topological polar surface area (TPSA) is 26.3 Å². The molecule has 0 amide bonds. The number of benzene rings is 1. The van der Waals surface area contributed by atoms with Crippen molar-refractivity contribution in [2.75, 3.05) is 0 Å². The van der Waals surface area contributed by atoms with Crippen LogP contribution in [-0.2, 0) is 4.79 Å². The van der Waals surface area contributed by atoms with Crippen LogP contribution in [0.15, 0.2) is 22.7 Å². The molecule has 1 aliphatic rings. The molecule has 0 radical (unpaired) electrons. The number of carbonyl (C=O) groups is 1. The summed E-state index contributed by atoms with van der Waals surface area (Å²) in [5.41, 5.74) is 0. The molecule has 0 heterocycles. The zero-order valence-corrected chi connectivity index (χ0v) is 9.64. The van der Waals surface area contributed by atoms with Crippen molar-refractivity contribution in [1.82, 2.24) is 0 Å². The molecule has 0 unspecified atom stereocenters. The first-order valence-electron chi connectivity index (χ1n) is 4.28. The van der Waals surface area contributed by atoms with Gasteiger partial charge in [-0.15, -0.1) is 0 Å². The Bertz CT molecular complexity index is 370. The van der Waals surface area contributed by atoms with Gasteiger partial charge in [0.25, 0.3) is 0 Å². The van der Waals surface area contributed by atoms with Crippen molar-refractivity contribution in [3.63, 3.8) is 0 Å². The zero-order chi connectivity index (χ0) is 10.1. The first-order valence-corrected chi connectivity index (χ1v) is 5.45. The number of carbonyl (C=O) groups excluding carboxylic acids is 1. The van der Waals surface area contributed by atoms with Crippen LogP contribution >= 0.6 is 27.5 Å². The second-order valence-corrected chi connectivity index (χ2v) is 4.58. The van der Waals surface area contributed by atoms with Gasteiger partial charge < -0.3 is 4.74 Å². The summed E-state index contributed by atoms with van der Waals surface area (Å²) in [6, 6.07) is 5.42. The Hall–Kier alpha value is -0.540. The van der Waals surface area contributed by atoms with Gasteiger partial charge in [0.15, 0.2) is 0 Å². The fraction of sp³-hybridized carbons (Fsp3) is 0.300. The molecule has 0 N–H and O–H groups in total. The number of halogens is 2. The highest BCUT2D eigenvalue weighted by molar-refractivity contribution is 9.10. The summed E-state index contributed by atoms with van der Waals surface area (Å²) in [5.74, 6) is 0.889. The fourth-order valence-electron chi connectivity index (χ4n) is 1.28. The molecule has 74 valence electrons. The average molecular weight is 276 g/mol. The van der Waals surface area contributed by atoms with Crippen LogP contribution in [0.4, 0.5) is 0 Å². The Kier molecular flexibility index (Phi) is 2.79. The summed E-state index contributed by atoms with van der Waals surface area (Å²) >= 11 is 9.26. The minimum atomic E-state index is 0.00861. The van der Waals surface area contributed by atoms with E-state index in [1.165, 1.54) is 0 Å². The van der Waals surface area contributed by atoms with Gasteiger partial charge in [-0.25, -0.2) is 0 Å². The maximum Gasteiger partial charge on any atom is 0.140 e. The maximum absolute atomic E-state index is 10.7. The Labute approximate surface area is 95.3 Å². The predicted octanol–water partition coefficient (Wildman–Crippen LogP) is 3.21. The van der Waals surface area contributed by atoms with Crippen LogP contribution in [0.1, 0.15) is 12.8 Å². The number of rotatable bonds is 2. The van der Waals surface area contributed by atoms with Crippen LogP contribution in [0.25, 0.3) is 0 Å². The van der Waals surface area contributed by atoms with Gasteiger partial charge in [-0.3, -0.25) is 4.79 Å².